The van der Waals surface area contributed by atoms with E-state index in [1.54, 1.807) is 24.3 Å². The molecule has 0 saturated carbocycles. The number of carbonyl (C=O) groups excluding carboxylic acids is 1. The molecular formula is C27H24N2O4. The zero-order chi connectivity index (χ0) is 23.2. The summed E-state index contributed by atoms with van der Waals surface area (Å²) >= 11 is 0. The lowest BCUT2D eigenvalue weighted by Gasteiger charge is -2.34. The van der Waals surface area contributed by atoms with Crippen LogP contribution in [0.3, 0.4) is 0 Å². The SMILES string of the molecule is Cc1ccc(C(=O)N/N=C/c2c(O)ccc3c2O[C@@]2(C=C3)OC(C)(C)c3ccccc32)cc1. The van der Waals surface area contributed by atoms with E-state index in [1.807, 2.05) is 69.3 Å². The van der Waals surface area contributed by atoms with Crippen LogP contribution in [-0.2, 0) is 16.1 Å². The van der Waals surface area contributed by atoms with Gasteiger partial charge >= 0.3 is 0 Å². The second-order valence-electron chi connectivity index (χ2n) is 8.74. The van der Waals surface area contributed by atoms with Crippen molar-refractivity contribution in [3.05, 3.63) is 100 Å². The van der Waals surface area contributed by atoms with Gasteiger partial charge in [-0.2, -0.15) is 5.10 Å². The van der Waals surface area contributed by atoms with Crippen LogP contribution in [0.1, 0.15) is 52.0 Å². The Bertz CT molecular complexity index is 1310. The molecule has 0 aliphatic carbocycles. The highest BCUT2D eigenvalue weighted by atomic mass is 16.7. The molecule has 166 valence electrons. The first-order chi connectivity index (χ1) is 15.8. The summed E-state index contributed by atoms with van der Waals surface area (Å²) in [5.74, 6) is -1.05. The highest BCUT2D eigenvalue weighted by Crippen LogP contribution is 2.51. The van der Waals surface area contributed by atoms with Gasteiger partial charge in [0.25, 0.3) is 11.7 Å². The van der Waals surface area contributed by atoms with Crippen molar-refractivity contribution in [2.75, 3.05) is 0 Å². The highest BCUT2D eigenvalue weighted by Gasteiger charge is 2.51. The van der Waals surface area contributed by atoms with Crippen LogP contribution in [0, 0.1) is 6.92 Å². The molecule has 1 spiro atoms. The lowest BCUT2D eigenvalue weighted by molar-refractivity contribution is -0.202. The van der Waals surface area contributed by atoms with Gasteiger partial charge in [0.2, 0.25) is 0 Å². The molecule has 0 aromatic heterocycles. The van der Waals surface area contributed by atoms with E-state index in [0.717, 1.165) is 22.3 Å². The first-order valence-corrected chi connectivity index (χ1v) is 10.7. The van der Waals surface area contributed by atoms with Crippen LogP contribution >= 0.6 is 0 Å². The van der Waals surface area contributed by atoms with Crippen molar-refractivity contribution >= 4 is 18.2 Å². The van der Waals surface area contributed by atoms with Crippen LogP contribution in [0.2, 0.25) is 0 Å². The monoisotopic (exact) mass is 440 g/mol. The molecule has 1 amide bonds. The molecule has 0 radical (unpaired) electrons. The van der Waals surface area contributed by atoms with Gasteiger partial charge in [0.15, 0.2) is 0 Å². The Morgan fingerprint density at radius 3 is 2.52 bits per heavy atom. The molecule has 0 saturated heterocycles. The maximum Gasteiger partial charge on any atom is 0.271 e. The predicted molar refractivity (Wildman–Crippen MR) is 126 cm³/mol. The number of rotatable bonds is 3. The molecule has 2 heterocycles. The van der Waals surface area contributed by atoms with E-state index in [9.17, 15) is 9.90 Å². The van der Waals surface area contributed by atoms with Crippen LogP contribution in [0.4, 0.5) is 0 Å². The fourth-order valence-corrected chi connectivity index (χ4v) is 4.29. The zero-order valence-electron chi connectivity index (χ0n) is 18.6. The third-order valence-corrected chi connectivity index (χ3v) is 5.97. The van der Waals surface area contributed by atoms with Crippen LogP contribution < -0.4 is 10.2 Å². The molecule has 2 N–H and O–H groups in total. The molecule has 3 aromatic carbocycles. The van der Waals surface area contributed by atoms with Gasteiger partial charge in [0, 0.05) is 16.7 Å². The Balaban J connectivity index is 1.46. The number of hydrogen-bond donors (Lipinski definition) is 2. The zero-order valence-corrected chi connectivity index (χ0v) is 18.6. The third-order valence-electron chi connectivity index (χ3n) is 5.97. The molecule has 0 unspecified atom stereocenters. The van der Waals surface area contributed by atoms with E-state index in [1.165, 1.54) is 6.21 Å². The number of benzene rings is 3. The van der Waals surface area contributed by atoms with Crippen LogP contribution in [-0.4, -0.2) is 17.2 Å². The average Bonchev–Trinajstić information content (AvgIpc) is 3.02. The van der Waals surface area contributed by atoms with Crippen molar-refractivity contribution in [2.24, 2.45) is 5.10 Å². The van der Waals surface area contributed by atoms with Crippen molar-refractivity contribution in [1.82, 2.24) is 5.43 Å². The van der Waals surface area contributed by atoms with Crippen molar-refractivity contribution in [3.63, 3.8) is 0 Å². The molecule has 2 aliphatic rings. The van der Waals surface area contributed by atoms with E-state index in [2.05, 4.69) is 10.5 Å². The van der Waals surface area contributed by atoms with Gasteiger partial charge in [-0.05, 0) is 62.8 Å². The highest BCUT2D eigenvalue weighted by molar-refractivity contribution is 5.96. The second kappa shape index (κ2) is 7.60. The minimum atomic E-state index is -1.12. The number of hydrazone groups is 1. The second-order valence-corrected chi connectivity index (χ2v) is 8.74. The molecule has 6 nitrogen and oxygen atoms in total. The first kappa shape index (κ1) is 21.0. The minimum Gasteiger partial charge on any atom is -0.507 e. The molecule has 0 fully saturated rings. The van der Waals surface area contributed by atoms with E-state index in [-0.39, 0.29) is 11.7 Å². The maximum atomic E-state index is 12.4. The van der Waals surface area contributed by atoms with Gasteiger partial charge in [-0.1, -0.05) is 42.0 Å². The number of aryl methyl sites for hydroxylation is 1. The molecule has 2 aliphatic heterocycles. The van der Waals surface area contributed by atoms with Crippen LogP contribution in [0.5, 0.6) is 11.5 Å². The summed E-state index contributed by atoms with van der Waals surface area (Å²) < 4.78 is 12.8. The third kappa shape index (κ3) is 3.58. The number of fused-ring (bicyclic) bond motifs is 3. The summed E-state index contributed by atoms with van der Waals surface area (Å²) in [6.07, 6.45) is 5.19. The summed E-state index contributed by atoms with van der Waals surface area (Å²) in [6.45, 7) is 5.95. The normalized spacial score (nSPS) is 19.8. The lowest BCUT2D eigenvalue weighted by atomic mass is 9.92. The first-order valence-electron chi connectivity index (χ1n) is 10.7. The molecule has 3 aromatic rings. The van der Waals surface area contributed by atoms with E-state index in [4.69, 9.17) is 9.47 Å². The summed E-state index contributed by atoms with van der Waals surface area (Å²) in [7, 11) is 0. The largest absolute Gasteiger partial charge is 0.507 e. The number of amides is 1. The Labute approximate surface area is 192 Å². The molecular weight excluding hydrogens is 416 g/mol. The van der Waals surface area contributed by atoms with Crippen LogP contribution in [0.15, 0.2) is 71.8 Å². The van der Waals surface area contributed by atoms with Gasteiger partial charge in [-0.25, -0.2) is 5.43 Å². The summed E-state index contributed by atoms with van der Waals surface area (Å²) in [5.41, 5.74) is 6.59. The Morgan fingerprint density at radius 2 is 1.76 bits per heavy atom. The molecule has 5 rings (SSSR count). The maximum absolute atomic E-state index is 12.4. The van der Waals surface area contributed by atoms with Crippen LogP contribution in [0.25, 0.3) is 6.08 Å². The number of aromatic hydroxyl groups is 1. The number of ether oxygens (including phenoxy) is 2. The number of phenolic OH excluding ortho intramolecular Hbond substituents is 1. The van der Waals surface area contributed by atoms with Gasteiger partial charge in [0.05, 0.1) is 17.4 Å². The number of hydrogen-bond acceptors (Lipinski definition) is 5. The quantitative estimate of drug-likeness (QED) is 0.444. The number of phenols is 1. The van der Waals surface area contributed by atoms with E-state index < -0.39 is 11.4 Å². The molecule has 33 heavy (non-hydrogen) atoms. The van der Waals surface area contributed by atoms with Crippen molar-refractivity contribution < 1.29 is 19.4 Å². The van der Waals surface area contributed by atoms with Gasteiger partial charge in [0.1, 0.15) is 11.5 Å². The fourth-order valence-electron chi connectivity index (χ4n) is 4.29. The Morgan fingerprint density at radius 1 is 1.03 bits per heavy atom. The smallest absolute Gasteiger partial charge is 0.271 e. The molecule has 0 bridgehead atoms. The summed E-state index contributed by atoms with van der Waals surface area (Å²) in [5, 5.41) is 14.6. The number of carbonyl (C=O) groups is 1. The molecule has 6 heteroatoms. The topological polar surface area (TPSA) is 80.2 Å². The van der Waals surface area contributed by atoms with Gasteiger partial charge < -0.3 is 14.6 Å². The van der Waals surface area contributed by atoms with Crippen molar-refractivity contribution in [2.45, 2.75) is 32.2 Å². The lowest BCUT2D eigenvalue weighted by Crippen LogP contribution is -2.35. The van der Waals surface area contributed by atoms with E-state index >= 15 is 0 Å². The van der Waals surface area contributed by atoms with Gasteiger partial charge in [-0.3, -0.25) is 4.79 Å². The fraction of sp³-hybridized carbons (Fsp3) is 0.185. The standard InChI is InChI=1S/C27H24N2O4/c1-17-8-10-19(11-9-17)25(31)29-28-16-20-23(30)13-12-18-14-15-27(32-24(18)20)22-7-5-4-6-21(22)26(2,3)33-27/h4-16,30H,1-3H3,(H,29,31)/b28-16+/t27-/m0/s1. The molecule has 1 atom stereocenters. The minimum absolute atomic E-state index is 0.0157. The average molecular weight is 440 g/mol. The number of nitrogens with one attached hydrogen (secondary N) is 1. The van der Waals surface area contributed by atoms with Gasteiger partial charge in [-0.15, -0.1) is 0 Å². The van der Waals surface area contributed by atoms with Crippen molar-refractivity contribution in [3.8, 4) is 11.5 Å². The summed E-state index contributed by atoms with van der Waals surface area (Å²) in [4.78, 5) is 12.4. The van der Waals surface area contributed by atoms with E-state index in [0.29, 0.717) is 16.9 Å². The Kier molecular flexibility index (Phi) is 4.83. The summed E-state index contributed by atoms with van der Waals surface area (Å²) in [6, 6.07) is 18.5. The Hall–Kier alpha value is -3.90. The predicted octanol–water partition coefficient (Wildman–Crippen LogP) is 4.99. The number of nitrogens with zero attached hydrogens (tertiary/aromatic N) is 1. The van der Waals surface area contributed by atoms with Crippen molar-refractivity contribution in [1.29, 1.82) is 0 Å².